The van der Waals surface area contributed by atoms with Gasteiger partial charge in [-0.25, -0.2) is 4.79 Å². The molecule has 7 heteroatoms. The van der Waals surface area contributed by atoms with E-state index in [2.05, 4.69) is 4.98 Å². The summed E-state index contributed by atoms with van der Waals surface area (Å²) in [6.07, 6.45) is 1.11. The Morgan fingerprint density at radius 1 is 1.00 bits per heavy atom. The van der Waals surface area contributed by atoms with Gasteiger partial charge in [0.1, 0.15) is 0 Å². The SMILES string of the molecule is O=C(O)c1c[nH]c(=O)c(-c2cc(Cl)c(Cl)cc2Cl)c1. The Kier molecular flexibility index (Phi) is 3.85. The number of aromatic carboxylic acids is 1. The molecule has 0 saturated heterocycles. The zero-order valence-corrected chi connectivity index (χ0v) is 11.5. The van der Waals surface area contributed by atoms with Gasteiger partial charge in [0.05, 0.1) is 20.6 Å². The van der Waals surface area contributed by atoms with E-state index in [0.29, 0.717) is 5.56 Å². The van der Waals surface area contributed by atoms with E-state index in [1.807, 2.05) is 0 Å². The third-order valence-corrected chi connectivity index (χ3v) is 3.49. The lowest BCUT2D eigenvalue weighted by molar-refractivity contribution is 0.0696. The van der Waals surface area contributed by atoms with E-state index in [4.69, 9.17) is 39.9 Å². The molecule has 2 aromatic rings. The Morgan fingerprint density at radius 2 is 1.63 bits per heavy atom. The van der Waals surface area contributed by atoms with Crippen LogP contribution >= 0.6 is 34.8 Å². The molecule has 1 aromatic heterocycles. The number of aromatic nitrogens is 1. The molecule has 0 aliphatic rings. The first-order valence-corrected chi connectivity index (χ1v) is 6.14. The van der Waals surface area contributed by atoms with Crippen molar-refractivity contribution in [2.75, 3.05) is 0 Å². The molecule has 0 atom stereocenters. The predicted octanol–water partition coefficient (Wildman–Crippen LogP) is 3.70. The lowest BCUT2D eigenvalue weighted by Gasteiger charge is -2.06. The van der Waals surface area contributed by atoms with Gasteiger partial charge in [0, 0.05) is 17.3 Å². The minimum atomic E-state index is -1.16. The summed E-state index contributed by atoms with van der Waals surface area (Å²) < 4.78 is 0. The minimum absolute atomic E-state index is 0.0586. The molecule has 0 radical (unpaired) electrons. The fourth-order valence-corrected chi connectivity index (χ4v) is 2.18. The summed E-state index contributed by atoms with van der Waals surface area (Å²) in [5, 5.41) is 9.60. The van der Waals surface area contributed by atoms with Gasteiger partial charge < -0.3 is 10.1 Å². The van der Waals surface area contributed by atoms with Crippen LogP contribution in [0.2, 0.25) is 15.1 Å². The number of rotatable bonds is 2. The lowest BCUT2D eigenvalue weighted by atomic mass is 10.1. The zero-order chi connectivity index (χ0) is 14.2. The highest BCUT2D eigenvalue weighted by Gasteiger charge is 2.14. The molecule has 0 unspecified atom stereocenters. The standard InChI is InChI=1S/C12H6Cl3NO3/c13-8-3-10(15)9(14)2-6(8)7-1-5(12(18)19)4-16-11(7)17/h1-4H,(H,16,17)(H,18,19). The predicted molar refractivity (Wildman–Crippen MR) is 74.5 cm³/mol. The number of halogens is 3. The lowest BCUT2D eigenvalue weighted by Crippen LogP contribution is -2.11. The third-order valence-electron chi connectivity index (χ3n) is 2.45. The fraction of sp³-hybridized carbons (Fsp3) is 0. The monoisotopic (exact) mass is 317 g/mol. The quantitative estimate of drug-likeness (QED) is 0.829. The summed E-state index contributed by atoms with van der Waals surface area (Å²) in [6.45, 7) is 0. The van der Waals surface area contributed by atoms with Gasteiger partial charge in [0.15, 0.2) is 0 Å². The number of carboxylic acids is 1. The largest absolute Gasteiger partial charge is 0.478 e. The number of carboxylic acid groups (broad SMARTS) is 1. The van der Waals surface area contributed by atoms with Gasteiger partial charge in [-0.2, -0.15) is 0 Å². The normalized spacial score (nSPS) is 10.5. The fourth-order valence-electron chi connectivity index (χ4n) is 1.54. The first-order valence-electron chi connectivity index (χ1n) is 5.01. The maximum absolute atomic E-state index is 11.8. The Hall–Kier alpha value is -1.49. The molecule has 0 amide bonds. The summed E-state index contributed by atoms with van der Waals surface area (Å²) in [6, 6.07) is 4.04. The molecule has 0 spiro atoms. The Bertz CT molecular complexity index is 725. The second-order valence-electron chi connectivity index (χ2n) is 3.68. The van der Waals surface area contributed by atoms with Crippen LogP contribution in [-0.2, 0) is 0 Å². The van der Waals surface area contributed by atoms with Crippen LogP contribution in [-0.4, -0.2) is 16.1 Å². The van der Waals surface area contributed by atoms with Crippen molar-refractivity contribution < 1.29 is 9.90 Å². The van der Waals surface area contributed by atoms with E-state index in [1.54, 1.807) is 0 Å². The van der Waals surface area contributed by atoms with Crippen LogP contribution in [0.1, 0.15) is 10.4 Å². The van der Waals surface area contributed by atoms with E-state index >= 15 is 0 Å². The molecule has 0 fully saturated rings. The number of pyridine rings is 1. The number of carbonyl (C=O) groups is 1. The maximum Gasteiger partial charge on any atom is 0.337 e. The number of aromatic amines is 1. The Balaban J connectivity index is 2.71. The molecular formula is C12H6Cl3NO3. The molecule has 98 valence electrons. The number of H-pyrrole nitrogens is 1. The number of hydrogen-bond acceptors (Lipinski definition) is 2. The van der Waals surface area contributed by atoms with Crippen molar-refractivity contribution in [3.8, 4) is 11.1 Å². The molecule has 1 heterocycles. The Labute approximate surface area is 122 Å². The summed E-state index contributed by atoms with van der Waals surface area (Å²) in [5.41, 5.74) is -0.0917. The van der Waals surface area contributed by atoms with Crippen LogP contribution in [0.5, 0.6) is 0 Å². The molecule has 0 bridgehead atoms. The van der Waals surface area contributed by atoms with Gasteiger partial charge in [-0.1, -0.05) is 34.8 Å². The molecule has 4 nitrogen and oxygen atoms in total. The van der Waals surface area contributed by atoms with E-state index in [-0.39, 0.29) is 26.2 Å². The van der Waals surface area contributed by atoms with Crippen molar-refractivity contribution in [1.29, 1.82) is 0 Å². The summed E-state index contributed by atoms with van der Waals surface area (Å²) in [5.74, 6) is -1.16. The second kappa shape index (κ2) is 5.25. The van der Waals surface area contributed by atoms with E-state index in [1.165, 1.54) is 18.2 Å². The maximum atomic E-state index is 11.8. The number of hydrogen-bond donors (Lipinski definition) is 2. The van der Waals surface area contributed by atoms with Crippen LogP contribution in [0.3, 0.4) is 0 Å². The van der Waals surface area contributed by atoms with Crippen molar-refractivity contribution in [1.82, 2.24) is 4.98 Å². The number of nitrogens with one attached hydrogen (secondary N) is 1. The summed E-state index contributed by atoms with van der Waals surface area (Å²) in [4.78, 5) is 25.0. The van der Waals surface area contributed by atoms with Crippen LogP contribution in [0.15, 0.2) is 29.2 Å². The van der Waals surface area contributed by atoms with Crippen molar-refractivity contribution in [3.05, 3.63) is 55.4 Å². The third kappa shape index (κ3) is 2.76. The van der Waals surface area contributed by atoms with E-state index in [9.17, 15) is 9.59 Å². The average Bonchev–Trinajstić information content (AvgIpc) is 2.34. The van der Waals surface area contributed by atoms with E-state index in [0.717, 1.165) is 6.20 Å². The highest BCUT2D eigenvalue weighted by Crippen LogP contribution is 2.34. The van der Waals surface area contributed by atoms with Crippen LogP contribution in [0, 0.1) is 0 Å². The van der Waals surface area contributed by atoms with Gasteiger partial charge in [0.2, 0.25) is 0 Å². The molecule has 0 aliphatic heterocycles. The van der Waals surface area contributed by atoms with Crippen molar-refractivity contribution in [3.63, 3.8) is 0 Å². The van der Waals surface area contributed by atoms with Gasteiger partial charge in [-0.05, 0) is 18.2 Å². The highest BCUT2D eigenvalue weighted by atomic mass is 35.5. The molecule has 0 aliphatic carbocycles. The van der Waals surface area contributed by atoms with Gasteiger partial charge in [-0.15, -0.1) is 0 Å². The smallest absolute Gasteiger partial charge is 0.337 e. The highest BCUT2D eigenvalue weighted by molar-refractivity contribution is 6.44. The van der Waals surface area contributed by atoms with Crippen LogP contribution in [0.4, 0.5) is 0 Å². The first-order chi connectivity index (χ1) is 8.90. The minimum Gasteiger partial charge on any atom is -0.478 e. The van der Waals surface area contributed by atoms with Crippen molar-refractivity contribution >= 4 is 40.8 Å². The number of benzene rings is 1. The molecule has 19 heavy (non-hydrogen) atoms. The topological polar surface area (TPSA) is 70.2 Å². The Morgan fingerprint density at radius 3 is 2.26 bits per heavy atom. The first kappa shape index (κ1) is 13.9. The molecular weight excluding hydrogens is 312 g/mol. The van der Waals surface area contributed by atoms with Crippen molar-refractivity contribution in [2.45, 2.75) is 0 Å². The molecule has 1 aromatic carbocycles. The summed E-state index contributed by atoms with van der Waals surface area (Å²) in [7, 11) is 0. The molecule has 0 saturated carbocycles. The molecule has 2 N–H and O–H groups in total. The van der Waals surface area contributed by atoms with Gasteiger partial charge in [-0.3, -0.25) is 4.79 Å². The second-order valence-corrected chi connectivity index (χ2v) is 4.90. The molecule has 2 rings (SSSR count). The van der Waals surface area contributed by atoms with Crippen LogP contribution in [0.25, 0.3) is 11.1 Å². The van der Waals surface area contributed by atoms with Gasteiger partial charge in [0.25, 0.3) is 5.56 Å². The zero-order valence-electron chi connectivity index (χ0n) is 9.21. The average molecular weight is 319 g/mol. The van der Waals surface area contributed by atoms with Crippen molar-refractivity contribution in [2.24, 2.45) is 0 Å². The van der Waals surface area contributed by atoms with E-state index < -0.39 is 11.5 Å². The van der Waals surface area contributed by atoms with Gasteiger partial charge >= 0.3 is 5.97 Å². The van der Waals surface area contributed by atoms with Crippen LogP contribution < -0.4 is 5.56 Å². The summed E-state index contributed by atoms with van der Waals surface area (Å²) >= 11 is 17.7.